The molecule has 0 radical (unpaired) electrons. The molecular weight excluding hydrogens is 332 g/mol. The number of pyridine rings is 2. The monoisotopic (exact) mass is 354 g/mol. The molecule has 4 rings (SSSR count). The number of hydrogen-bond acceptors (Lipinski definition) is 3. The number of aromatic amines is 1. The van der Waals surface area contributed by atoms with Crippen LogP contribution in [0.5, 0.6) is 0 Å². The van der Waals surface area contributed by atoms with E-state index in [1.807, 2.05) is 36.9 Å². The molecule has 0 unspecified atom stereocenters. The van der Waals surface area contributed by atoms with E-state index in [1.165, 1.54) is 27.8 Å². The molecule has 4 aromatic rings. The molecule has 0 amide bonds. The summed E-state index contributed by atoms with van der Waals surface area (Å²) in [6.45, 7) is 4.13. The van der Waals surface area contributed by atoms with E-state index in [-0.39, 0.29) is 5.92 Å². The van der Waals surface area contributed by atoms with Crippen LogP contribution in [-0.4, -0.2) is 20.2 Å². The van der Waals surface area contributed by atoms with E-state index < -0.39 is 0 Å². The van der Waals surface area contributed by atoms with Gasteiger partial charge in [-0.2, -0.15) is 5.10 Å². The summed E-state index contributed by atoms with van der Waals surface area (Å²) in [7, 11) is 0. The van der Waals surface area contributed by atoms with Gasteiger partial charge in [0.25, 0.3) is 0 Å². The van der Waals surface area contributed by atoms with Crippen LogP contribution in [0.15, 0.2) is 73.3 Å². The van der Waals surface area contributed by atoms with E-state index in [9.17, 15) is 0 Å². The molecule has 1 aromatic carbocycles. The molecule has 4 heteroatoms. The van der Waals surface area contributed by atoms with Crippen molar-refractivity contribution in [3.05, 3.63) is 101 Å². The SMILES string of the molecule is Cc1n[nH]c(C)c1-c1ccccc1CC(c1cccnc1)c1cccnc1. The fraction of sp³-hybridized carbons (Fsp3) is 0.174. The van der Waals surface area contributed by atoms with Crippen LogP contribution in [-0.2, 0) is 6.42 Å². The van der Waals surface area contributed by atoms with E-state index in [1.54, 1.807) is 0 Å². The molecule has 0 saturated carbocycles. The molecule has 4 nitrogen and oxygen atoms in total. The number of hydrogen-bond donors (Lipinski definition) is 1. The number of nitrogens with zero attached hydrogens (tertiary/aromatic N) is 3. The Kier molecular flexibility index (Phi) is 4.79. The fourth-order valence-corrected chi connectivity index (χ4v) is 3.70. The Morgan fingerprint density at radius 2 is 1.52 bits per heavy atom. The van der Waals surface area contributed by atoms with Gasteiger partial charge in [-0.15, -0.1) is 0 Å². The summed E-state index contributed by atoms with van der Waals surface area (Å²) in [5.74, 6) is 0.195. The molecule has 27 heavy (non-hydrogen) atoms. The molecule has 0 saturated heterocycles. The highest BCUT2D eigenvalue weighted by atomic mass is 15.1. The molecule has 0 aliphatic rings. The number of H-pyrrole nitrogens is 1. The molecule has 0 aliphatic heterocycles. The smallest absolute Gasteiger partial charge is 0.0672 e. The molecule has 134 valence electrons. The maximum Gasteiger partial charge on any atom is 0.0672 e. The van der Waals surface area contributed by atoms with Crippen molar-refractivity contribution >= 4 is 0 Å². The summed E-state index contributed by atoms with van der Waals surface area (Å²) >= 11 is 0. The van der Waals surface area contributed by atoms with Crippen molar-refractivity contribution in [2.75, 3.05) is 0 Å². The van der Waals surface area contributed by atoms with Gasteiger partial charge in [0.1, 0.15) is 0 Å². The van der Waals surface area contributed by atoms with E-state index >= 15 is 0 Å². The van der Waals surface area contributed by atoms with Gasteiger partial charge < -0.3 is 0 Å². The normalized spacial score (nSPS) is 11.1. The van der Waals surface area contributed by atoms with Gasteiger partial charge in [-0.3, -0.25) is 15.1 Å². The van der Waals surface area contributed by atoms with E-state index in [4.69, 9.17) is 0 Å². The summed E-state index contributed by atoms with van der Waals surface area (Å²) in [6, 6.07) is 16.9. The molecule has 3 heterocycles. The van der Waals surface area contributed by atoms with Crippen molar-refractivity contribution in [3.63, 3.8) is 0 Å². The minimum atomic E-state index is 0.195. The van der Waals surface area contributed by atoms with Gasteiger partial charge in [0.2, 0.25) is 0 Å². The second kappa shape index (κ2) is 7.54. The van der Waals surface area contributed by atoms with Crippen molar-refractivity contribution in [1.82, 2.24) is 20.2 Å². The molecule has 3 aromatic heterocycles. The Hall–Kier alpha value is -3.27. The van der Waals surface area contributed by atoms with Crippen LogP contribution in [0.3, 0.4) is 0 Å². The Balaban J connectivity index is 1.79. The average molecular weight is 354 g/mol. The summed E-state index contributed by atoms with van der Waals surface area (Å²) in [4.78, 5) is 8.68. The van der Waals surface area contributed by atoms with Crippen molar-refractivity contribution in [2.24, 2.45) is 0 Å². The third-order valence-electron chi connectivity index (χ3n) is 5.01. The van der Waals surface area contributed by atoms with Gasteiger partial charge in [0.05, 0.1) is 5.69 Å². The van der Waals surface area contributed by atoms with Crippen LogP contribution < -0.4 is 0 Å². The summed E-state index contributed by atoms with van der Waals surface area (Å²) in [6.07, 6.45) is 8.41. The molecule has 0 aliphatic carbocycles. The van der Waals surface area contributed by atoms with E-state index in [2.05, 4.69) is 70.4 Å². The number of benzene rings is 1. The van der Waals surface area contributed by atoms with Crippen molar-refractivity contribution in [1.29, 1.82) is 0 Å². The Bertz CT molecular complexity index is 964. The van der Waals surface area contributed by atoms with Crippen LogP contribution in [0.4, 0.5) is 0 Å². The van der Waals surface area contributed by atoms with Gasteiger partial charge in [0, 0.05) is 42.0 Å². The van der Waals surface area contributed by atoms with Crippen LogP contribution in [0.25, 0.3) is 11.1 Å². The standard InChI is InChI=1S/C23H22N4/c1-16-23(17(2)27-26-16)21-10-4-3-7-18(21)13-22(19-8-5-11-24-14-19)20-9-6-12-25-15-20/h3-12,14-15,22H,13H2,1-2H3,(H,26,27). The van der Waals surface area contributed by atoms with Gasteiger partial charge in [-0.05, 0) is 54.7 Å². The van der Waals surface area contributed by atoms with E-state index in [0.717, 1.165) is 17.8 Å². The predicted octanol–water partition coefficient (Wildman–Crippen LogP) is 4.86. The lowest BCUT2D eigenvalue weighted by molar-refractivity contribution is 0.795. The van der Waals surface area contributed by atoms with Crippen LogP contribution in [0, 0.1) is 13.8 Å². The topological polar surface area (TPSA) is 54.5 Å². The third-order valence-corrected chi connectivity index (χ3v) is 5.01. The van der Waals surface area contributed by atoms with E-state index in [0.29, 0.717) is 0 Å². The first-order chi connectivity index (χ1) is 13.2. The molecular formula is C23H22N4. The lowest BCUT2D eigenvalue weighted by Gasteiger charge is -2.19. The van der Waals surface area contributed by atoms with Crippen LogP contribution >= 0.6 is 0 Å². The number of aryl methyl sites for hydroxylation is 2. The Morgan fingerprint density at radius 3 is 2.07 bits per heavy atom. The Labute approximate surface area is 159 Å². The Morgan fingerprint density at radius 1 is 0.852 bits per heavy atom. The minimum absolute atomic E-state index is 0.195. The zero-order chi connectivity index (χ0) is 18.6. The molecule has 1 N–H and O–H groups in total. The van der Waals surface area contributed by atoms with Crippen molar-refractivity contribution < 1.29 is 0 Å². The van der Waals surface area contributed by atoms with Gasteiger partial charge >= 0.3 is 0 Å². The molecule has 0 fully saturated rings. The fourth-order valence-electron chi connectivity index (χ4n) is 3.70. The second-order valence-electron chi connectivity index (χ2n) is 6.80. The highest BCUT2D eigenvalue weighted by molar-refractivity contribution is 5.71. The van der Waals surface area contributed by atoms with Gasteiger partial charge in [-0.25, -0.2) is 0 Å². The minimum Gasteiger partial charge on any atom is -0.282 e. The first kappa shape index (κ1) is 17.2. The first-order valence-corrected chi connectivity index (χ1v) is 9.13. The molecule has 0 atom stereocenters. The zero-order valence-electron chi connectivity index (χ0n) is 15.6. The molecule has 0 spiro atoms. The maximum atomic E-state index is 4.38. The van der Waals surface area contributed by atoms with Gasteiger partial charge in [-0.1, -0.05) is 36.4 Å². The second-order valence-corrected chi connectivity index (χ2v) is 6.80. The van der Waals surface area contributed by atoms with Crippen molar-refractivity contribution in [2.45, 2.75) is 26.2 Å². The highest BCUT2D eigenvalue weighted by Crippen LogP contribution is 2.34. The average Bonchev–Trinajstić information content (AvgIpc) is 3.06. The quantitative estimate of drug-likeness (QED) is 0.557. The summed E-state index contributed by atoms with van der Waals surface area (Å²) < 4.78 is 0. The first-order valence-electron chi connectivity index (χ1n) is 9.13. The van der Waals surface area contributed by atoms with Gasteiger partial charge in [0.15, 0.2) is 0 Å². The van der Waals surface area contributed by atoms with Crippen molar-refractivity contribution in [3.8, 4) is 11.1 Å². The summed E-state index contributed by atoms with van der Waals surface area (Å²) in [5, 5.41) is 7.49. The molecule has 0 bridgehead atoms. The number of aromatic nitrogens is 4. The predicted molar refractivity (Wildman–Crippen MR) is 108 cm³/mol. The highest BCUT2D eigenvalue weighted by Gasteiger charge is 2.19. The van der Waals surface area contributed by atoms with Crippen LogP contribution in [0.1, 0.15) is 34.0 Å². The largest absolute Gasteiger partial charge is 0.282 e. The van der Waals surface area contributed by atoms with Crippen LogP contribution in [0.2, 0.25) is 0 Å². The lowest BCUT2D eigenvalue weighted by Crippen LogP contribution is -2.07. The maximum absolute atomic E-state index is 4.38. The number of rotatable bonds is 5. The summed E-state index contributed by atoms with van der Waals surface area (Å²) in [5.41, 5.74) is 8.24. The zero-order valence-corrected chi connectivity index (χ0v) is 15.6. The third kappa shape index (κ3) is 3.51. The lowest BCUT2D eigenvalue weighted by atomic mass is 9.85. The number of nitrogens with one attached hydrogen (secondary N) is 1.